The van der Waals surface area contributed by atoms with Gasteiger partial charge in [-0.15, -0.1) is 0 Å². The van der Waals surface area contributed by atoms with Gasteiger partial charge in [-0.1, -0.05) is 25.1 Å². The zero-order valence-electron chi connectivity index (χ0n) is 16.3. The van der Waals surface area contributed by atoms with Crippen LogP contribution >= 0.6 is 0 Å². The number of carbonyl (C=O) groups is 1. The molecule has 1 aliphatic heterocycles. The van der Waals surface area contributed by atoms with Crippen LogP contribution in [0.15, 0.2) is 49.2 Å². The third kappa shape index (κ3) is 4.42. The van der Waals surface area contributed by atoms with Gasteiger partial charge in [0, 0.05) is 37.5 Å². The number of hydrogen-bond acceptors (Lipinski definition) is 5. The van der Waals surface area contributed by atoms with E-state index in [-0.39, 0.29) is 24.0 Å². The van der Waals surface area contributed by atoms with E-state index in [9.17, 15) is 9.18 Å². The van der Waals surface area contributed by atoms with Gasteiger partial charge in [-0.3, -0.25) is 9.36 Å². The minimum atomic E-state index is -0.369. The van der Waals surface area contributed by atoms with Crippen LogP contribution in [0.3, 0.4) is 0 Å². The van der Waals surface area contributed by atoms with Crippen molar-refractivity contribution in [2.45, 2.75) is 26.3 Å². The van der Waals surface area contributed by atoms with Gasteiger partial charge in [-0.05, 0) is 24.8 Å². The molecule has 2 aromatic heterocycles. The van der Waals surface area contributed by atoms with E-state index in [1.54, 1.807) is 35.3 Å². The first kappa shape index (κ1) is 19.0. The van der Waals surface area contributed by atoms with E-state index >= 15 is 0 Å². The molecular weight excluding hydrogens is 371 g/mol. The molecule has 1 fully saturated rings. The molecule has 0 saturated carbocycles. The molecule has 150 valence electrons. The Labute approximate surface area is 168 Å². The molecule has 29 heavy (non-hydrogen) atoms. The first-order valence-electron chi connectivity index (χ1n) is 9.73. The van der Waals surface area contributed by atoms with Crippen LogP contribution in [-0.4, -0.2) is 38.5 Å². The van der Waals surface area contributed by atoms with Crippen LogP contribution in [0.5, 0.6) is 0 Å². The Bertz CT molecular complexity index is 996. The summed E-state index contributed by atoms with van der Waals surface area (Å²) in [7, 11) is 0. The second kappa shape index (κ2) is 8.38. The molecule has 3 heterocycles. The van der Waals surface area contributed by atoms with Crippen molar-refractivity contribution >= 4 is 11.7 Å². The number of rotatable bonds is 5. The summed E-state index contributed by atoms with van der Waals surface area (Å²) in [5, 5.41) is 2.69. The smallest absolute Gasteiger partial charge is 0.271 e. The van der Waals surface area contributed by atoms with Gasteiger partial charge in [-0.2, -0.15) is 0 Å². The minimum Gasteiger partial charge on any atom is -0.356 e. The monoisotopic (exact) mass is 394 g/mol. The van der Waals surface area contributed by atoms with Crippen LogP contribution in [0, 0.1) is 11.7 Å². The number of amides is 1. The first-order chi connectivity index (χ1) is 14.1. The lowest BCUT2D eigenvalue weighted by Gasteiger charge is -2.31. The van der Waals surface area contributed by atoms with Crippen molar-refractivity contribution in [2.24, 2.45) is 5.92 Å². The molecule has 8 heteroatoms. The van der Waals surface area contributed by atoms with Crippen molar-refractivity contribution in [3.63, 3.8) is 0 Å². The van der Waals surface area contributed by atoms with Crippen molar-refractivity contribution in [3.05, 3.63) is 66.3 Å². The maximum Gasteiger partial charge on any atom is 0.271 e. The average molecular weight is 394 g/mol. The Morgan fingerprint density at radius 2 is 1.93 bits per heavy atom. The van der Waals surface area contributed by atoms with Crippen LogP contribution in [0.2, 0.25) is 0 Å². The number of hydrogen-bond donors (Lipinski definition) is 1. The van der Waals surface area contributed by atoms with Gasteiger partial charge in [0.2, 0.25) is 0 Å². The van der Waals surface area contributed by atoms with Crippen LogP contribution in [0.25, 0.3) is 5.82 Å². The molecule has 3 aromatic rings. The predicted molar refractivity (Wildman–Crippen MR) is 107 cm³/mol. The summed E-state index contributed by atoms with van der Waals surface area (Å²) < 4.78 is 15.4. The molecule has 4 rings (SSSR count). The first-order valence-corrected chi connectivity index (χ1v) is 9.73. The largest absolute Gasteiger partial charge is 0.356 e. The number of anilines is 1. The maximum atomic E-state index is 13.7. The van der Waals surface area contributed by atoms with E-state index in [4.69, 9.17) is 0 Å². The zero-order chi connectivity index (χ0) is 20.2. The summed E-state index contributed by atoms with van der Waals surface area (Å²) >= 11 is 0. The van der Waals surface area contributed by atoms with Crippen molar-refractivity contribution in [1.29, 1.82) is 0 Å². The van der Waals surface area contributed by atoms with Crippen LogP contribution < -0.4 is 10.2 Å². The summed E-state index contributed by atoms with van der Waals surface area (Å²) in [4.78, 5) is 27.5. The molecular formula is C21H23FN6O. The number of carbonyl (C=O) groups excluding carboxylic acids is 1. The van der Waals surface area contributed by atoms with Crippen molar-refractivity contribution in [2.75, 3.05) is 18.0 Å². The quantitative estimate of drug-likeness (QED) is 0.720. The Kier molecular flexibility index (Phi) is 5.50. The van der Waals surface area contributed by atoms with E-state index in [0.717, 1.165) is 37.7 Å². The number of halogens is 1. The van der Waals surface area contributed by atoms with Gasteiger partial charge in [0.25, 0.3) is 5.91 Å². The summed E-state index contributed by atoms with van der Waals surface area (Å²) in [5.41, 5.74) is 0.671. The molecule has 1 amide bonds. The second-order valence-electron chi connectivity index (χ2n) is 7.34. The van der Waals surface area contributed by atoms with Gasteiger partial charge in [0.1, 0.15) is 35.8 Å². The van der Waals surface area contributed by atoms with Crippen LogP contribution in [-0.2, 0) is 6.54 Å². The van der Waals surface area contributed by atoms with Crippen molar-refractivity contribution < 1.29 is 9.18 Å². The highest BCUT2D eigenvalue weighted by molar-refractivity contribution is 5.92. The van der Waals surface area contributed by atoms with Gasteiger partial charge in [0.15, 0.2) is 0 Å². The number of aromatic nitrogens is 4. The molecule has 0 radical (unpaired) electrons. The van der Waals surface area contributed by atoms with E-state index in [1.165, 1.54) is 12.4 Å². The lowest BCUT2D eigenvalue weighted by Crippen LogP contribution is -2.33. The minimum absolute atomic E-state index is 0.101. The zero-order valence-corrected chi connectivity index (χ0v) is 16.3. The predicted octanol–water partition coefficient (Wildman–Crippen LogP) is 2.97. The summed E-state index contributed by atoms with van der Waals surface area (Å²) in [6.07, 6.45) is 6.98. The van der Waals surface area contributed by atoms with Gasteiger partial charge >= 0.3 is 0 Å². The van der Waals surface area contributed by atoms with Crippen molar-refractivity contribution in [3.8, 4) is 5.82 Å². The number of nitrogens with zero attached hydrogens (tertiary/aromatic N) is 5. The standard InChI is InChI=1S/C21H23FN6O/c1-15-6-8-27(9-7-15)19-10-20(25-13-24-19)28-12-18(26-14-28)21(29)23-11-16-4-2-3-5-17(16)22/h2-5,10,12-15H,6-9,11H2,1H3,(H,23,29). The third-order valence-corrected chi connectivity index (χ3v) is 5.22. The lowest BCUT2D eigenvalue weighted by molar-refractivity contribution is 0.0946. The Hall–Kier alpha value is -3.29. The molecule has 0 unspecified atom stereocenters. The maximum absolute atomic E-state index is 13.7. The third-order valence-electron chi connectivity index (χ3n) is 5.22. The molecule has 1 saturated heterocycles. The topological polar surface area (TPSA) is 75.9 Å². The van der Waals surface area contributed by atoms with Crippen LogP contribution in [0.4, 0.5) is 10.2 Å². The number of nitrogens with one attached hydrogen (secondary N) is 1. The van der Waals surface area contributed by atoms with Gasteiger partial charge < -0.3 is 10.2 Å². The van der Waals surface area contributed by atoms with E-state index in [0.29, 0.717) is 11.4 Å². The highest BCUT2D eigenvalue weighted by Gasteiger charge is 2.18. The van der Waals surface area contributed by atoms with Crippen LogP contribution in [0.1, 0.15) is 35.8 Å². The number of piperidine rings is 1. The SMILES string of the molecule is CC1CCN(c2cc(-n3cnc(C(=O)NCc4ccccc4F)c3)ncn2)CC1. The molecule has 0 aliphatic carbocycles. The molecule has 1 aliphatic rings. The molecule has 0 spiro atoms. The lowest BCUT2D eigenvalue weighted by atomic mass is 9.99. The fraction of sp³-hybridized carbons (Fsp3) is 0.333. The Morgan fingerprint density at radius 1 is 1.17 bits per heavy atom. The fourth-order valence-electron chi connectivity index (χ4n) is 3.36. The van der Waals surface area contributed by atoms with Gasteiger partial charge in [-0.25, -0.2) is 19.3 Å². The highest BCUT2D eigenvalue weighted by atomic mass is 19.1. The molecule has 7 nitrogen and oxygen atoms in total. The van der Waals surface area contributed by atoms with Crippen molar-refractivity contribution in [1.82, 2.24) is 24.8 Å². The average Bonchev–Trinajstić information content (AvgIpc) is 3.24. The number of benzene rings is 1. The van der Waals surface area contributed by atoms with Gasteiger partial charge in [0.05, 0.1) is 0 Å². The van der Waals surface area contributed by atoms with E-state index in [2.05, 4.69) is 32.1 Å². The molecule has 1 N–H and O–H groups in total. The number of imidazole rings is 1. The summed E-state index contributed by atoms with van der Waals surface area (Å²) in [5.74, 6) is 1.55. The normalized spacial score (nSPS) is 14.8. The Morgan fingerprint density at radius 3 is 2.72 bits per heavy atom. The van der Waals surface area contributed by atoms with E-state index < -0.39 is 0 Å². The summed E-state index contributed by atoms with van der Waals surface area (Å²) in [6, 6.07) is 8.25. The molecule has 0 atom stereocenters. The van der Waals surface area contributed by atoms with E-state index in [1.807, 2.05) is 6.07 Å². The highest BCUT2D eigenvalue weighted by Crippen LogP contribution is 2.22. The summed E-state index contributed by atoms with van der Waals surface area (Å²) in [6.45, 7) is 4.33. The fourth-order valence-corrected chi connectivity index (χ4v) is 3.36. The Balaban J connectivity index is 1.44. The molecule has 0 bridgehead atoms. The second-order valence-corrected chi connectivity index (χ2v) is 7.34. The molecule has 1 aromatic carbocycles.